The van der Waals surface area contributed by atoms with Crippen molar-refractivity contribution in [3.05, 3.63) is 59.4 Å². The summed E-state index contributed by atoms with van der Waals surface area (Å²) in [7, 11) is 0. The van der Waals surface area contributed by atoms with Crippen molar-refractivity contribution in [2.45, 2.75) is 13.0 Å². The first-order chi connectivity index (χ1) is 14.6. The number of hydrogen-bond acceptors (Lipinski definition) is 6. The molecule has 156 valence electrons. The van der Waals surface area contributed by atoms with Crippen LogP contribution in [0, 0.1) is 0 Å². The molecule has 9 heteroatoms. The van der Waals surface area contributed by atoms with Crippen molar-refractivity contribution < 1.29 is 9.53 Å². The number of benzene rings is 2. The lowest BCUT2D eigenvalue weighted by molar-refractivity contribution is 0.0342. The Labute approximate surface area is 179 Å². The first kappa shape index (κ1) is 20.5. The van der Waals surface area contributed by atoms with Gasteiger partial charge in [-0.25, -0.2) is 4.68 Å². The minimum Gasteiger partial charge on any atom is -0.379 e. The van der Waals surface area contributed by atoms with E-state index in [1.54, 1.807) is 6.07 Å². The number of tetrazole rings is 1. The summed E-state index contributed by atoms with van der Waals surface area (Å²) in [6, 6.07) is 13.0. The largest absolute Gasteiger partial charge is 0.379 e. The summed E-state index contributed by atoms with van der Waals surface area (Å²) in [6.07, 6.45) is 1.49. The summed E-state index contributed by atoms with van der Waals surface area (Å²) in [5.41, 5.74) is 2.86. The summed E-state index contributed by atoms with van der Waals surface area (Å²) < 4.78 is 6.91. The van der Waals surface area contributed by atoms with Gasteiger partial charge in [-0.3, -0.25) is 9.69 Å². The first-order valence-electron chi connectivity index (χ1n) is 9.84. The molecule has 1 aliphatic rings. The number of ether oxygens (including phenoxy) is 1. The Morgan fingerprint density at radius 2 is 2.03 bits per heavy atom. The van der Waals surface area contributed by atoms with Gasteiger partial charge in [0.2, 0.25) is 0 Å². The molecule has 1 N–H and O–H groups in total. The van der Waals surface area contributed by atoms with Crippen molar-refractivity contribution in [3.8, 4) is 16.8 Å². The maximum atomic E-state index is 13.0. The Hall–Kier alpha value is -2.81. The van der Waals surface area contributed by atoms with Crippen LogP contribution in [0.2, 0.25) is 5.02 Å². The van der Waals surface area contributed by atoms with Crippen LogP contribution in [-0.4, -0.2) is 69.9 Å². The Bertz CT molecular complexity index is 1000. The van der Waals surface area contributed by atoms with Crippen LogP contribution in [0.15, 0.2) is 48.8 Å². The van der Waals surface area contributed by atoms with Crippen molar-refractivity contribution in [3.63, 3.8) is 0 Å². The van der Waals surface area contributed by atoms with Crippen molar-refractivity contribution in [2.24, 2.45) is 0 Å². The fourth-order valence-corrected chi connectivity index (χ4v) is 3.77. The van der Waals surface area contributed by atoms with Gasteiger partial charge in [0.05, 0.1) is 18.9 Å². The lowest BCUT2D eigenvalue weighted by Crippen LogP contribution is -2.46. The second kappa shape index (κ2) is 9.34. The van der Waals surface area contributed by atoms with E-state index in [0.29, 0.717) is 16.3 Å². The standard InChI is InChI=1S/C21H23ClN6O2/c1-15(13-27-6-8-30-9-7-27)24-21(29)17-10-16(19-4-2-3-5-20(19)22)11-18(12-17)28-14-23-25-26-28/h2-5,10-12,14-15H,6-9,13H2,1H3,(H,24,29)/t15-/m1/s1. The van der Waals surface area contributed by atoms with Crippen LogP contribution < -0.4 is 5.32 Å². The van der Waals surface area contributed by atoms with Crippen LogP contribution in [0.25, 0.3) is 16.8 Å². The topological polar surface area (TPSA) is 85.2 Å². The molecule has 30 heavy (non-hydrogen) atoms. The van der Waals surface area contributed by atoms with Crippen molar-refractivity contribution in [1.82, 2.24) is 30.4 Å². The summed E-state index contributed by atoms with van der Waals surface area (Å²) in [6.45, 7) is 6.01. The normalized spacial score (nSPS) is 15.7. The number of amides is 1. The Balaban J connectivity index is 1.60. The van der Waals surface area contributed by atoms with Gasteiger partial charge in [0.1, 0.15) is 6.33 Å². The number of rotatable bonds is 6. The fraction of sp³-hybridized carbons (Fsp3) is 0.333. The molecule has 0 spiro atoms. The molecule has 8 nitrogen and oxygen atoms in total. The van der Waals surface area contributed by atoms with Crippen molar-refractivity contribution >= 4 is 17.5 Å². The third kappa shape index (κ3) is 4.84. The number of hydrogen-bond donors (Lipinski definition) is 1. The van der Waals surface area contributed by atoms with Crippen LogP contribution in [-0.2, 0) is 4.74 Å². The minimum atomic E-state index is -0.154. The number of carbonyl (C=O) groups is 1. The Morgan fingerprint density at radius 3 is 2.77 bits per heavy atom. The van der Waals surface area contributed by atoms with Crippen LogP contribution in [0.1, 0.15) is 17.3 Å². The summed E-state index contributed by atoms with van der Waals surface area (Å²) in [5, 5.41) is 15.1. The quantitative estimate of drug-likeness (QED) is 0.651. The lowest BCUT2D eigenvalue weighted by atomic mass is 10.0. The van der Waals surface area contributed by atoms with E-state index in [2.05, 4.69) is 25.7 Å². The van der Waals surface area contributed by atoms with E-state index < -0.39 is 0 Å². The van der Waals surface area contributed by atoms with Crippen molar-refractivity contribution in [2.75, 3.05) is 32.8 Å². The van der Waals surface area contributed by atoms with Crippen LogP contribution >= 0.6 is 11.6 Å². The molecule has 0 bridgehead atoms. The highest BCUT2D eigenvalue weighted by molar-refractivity contribution is 6.33. The average molecular weight is 427 g/mol. The Kier molecular flexibility index (Phi) is 6.37. The van der Waals surface area contributed by atoms with Crippen LogP contribution in [0.4, 0.5) is 0 Å². The molecular formula is C21H23ClN6O2. The molecule has 2 aromatic carbocycles. The molecule has 1 saturated heterocycles. The van der Waals surface area contributed by atoms with Gasteiger partial charge in [0, 0.05) is 41.8 Å². The molecule has 0 unspecified atom stereocenters. The summed E-state index contributed by atoms with van der Waals surface area (Å²) in [4.78, 5) is 15.3. The third-order valence-corrected chi connectivity index (χ3v) is 5.32. The molecule has 1 atom stereocenters. The minimum absolute atomic E-state index is 0.00365. The number of morpholine rings is 1. The monoisotopic (exact) mass is 426 g/mol. The van der Waals surface area contributed by atoms with Gasteiger partial charge in [0.25, 0.3) is 5.91 Å². The average Bonchev–Trinajstić information content (AvgIpc) is 3.29. The molecule has 1 amide bonds. The summed E-state index contributed by atoms with van der Waals surface area (Å²) >= 11 is 6.40. The van der Waals surface area contributed by atoms with E-state index in [9.17, 15) is 4.79 Å². The van der Waals surface area contributed by atoms with E-state index in [1.165, 1.54) is 11.0 Å². The molecule has 1 fully saturated rings. The molecule has 0 aliphatic carbocycles. The van der Waals surface area contributed by atoms with Gasteiger partial charge in [-0.15, -0.1) is 5.10 Å². The number of nitrogens with zero attached hydrogens (tertiary/aromatic N) is 5. The maximum absolute atomic E-state index is 13.0. The molecule has 2 heterocycles. The molecular weight excluding hydrogens is 404 g/mol. The van der Waals surface area contributed by atoms with Gasteiger partial charge in [0.15, 0.2) is 0 Å². The Morgan fingerprint density at radius 1 is 1.23 bits per heavy atom. The zero-order valence-electron chi connectivity index (χ0n) is 16.7. The van der Waals surface area contributed by atoms with E-state index in [0.717, 1.165) is 44.0 Å². The van der Waals surface area contributed by atoms with Gasteiger partial charge >= 0.3 is 0 Å². The number of carbonyl (C=O) groups excluding carboxylic acids is 1. The third-order valence-electron chi connectivity index (χ3n) is 4.99. The SMILES string of the molecule is C[C@H](CN1CCOCC1)NC(=O)c1cc(-c2ccccc2Cl)cc(-n2cnnn2)c1. The highest BCUT2D eigenvalue weighted by atomic mass is 35.5. The second-order valence-electron chi connectivity index (χ2n) is 7.29. The van der Waals surface area contributed by atoms with Gasteiger partial charge in [-0.05, 0) is 47.2 Å². The predicted octanol–water partition coefficient (Wildman–Crippen LogP) is 2.43. The fourth-order valence-electron chi connectivity index (χ4n) is 3.53. The van der Waals surface area contributed by atoms with Crippen molar-refractivity contribution in [1.29, 1.82) is 0 Å². The lowest BCUT2D eigenvalue weighted by Gasteiger charge is -2.29. The van der Waals surface area contributed by atoms with Crippen LogP contribution in [0.5, 0.6) is 0 Å². The predicted molar refractivity (Wildman–Crippen MR) is 114 cm³/mol. The van der Waals surface area contributed by atoms with E-state index >= 15 is 0 Å². The zero-order chi connectivity index (χ0) is 20.9. The number of aromatic nitrogens is 4. The highest BCUT2D eigenvalue weighted by Crippen LogP contribution is 2.30. The molecule has 4 rings (SSSR count). The highest BCUT2D eigenvalue weighted by Gasteiger charge is 2.18. The molecule has 3 aromatic rings. The smallest absolute Gasteiger partial charge is 0.251 e. The number of halogens is 1. The second-order valence-corrected chi connectivity index (χ2v) is 7.70. The van der Waals surface area contributed by atoms with Gasteiger partial charge in [-0.2, -0.15) is 0 Å². The van der Waals surface area contributed by atoms with E-state index in [-0.39, 0.29) is 11.9 Å². The first-order valence-corrected chi connectivity index (χ1v) is 10.2. The summed E-state index contributed by atoms with van der Waals surface area (Å²) in [5.74, 6) is -0.154. The number of nitrogens with one attached hydrogen (secondary N) is 1. The molecule has 0 radical (unpaired) electrons. The maximum Gasteiger partial charge on any atom is 0.251 e. The van der Waals surface area contributed by atoms with Gasteiger partial charge < -0.3 is 10.1 Å². The van der Waals surface area contributed by atoms with Crippen LogP contribution in [0.3, 0.4) is 0 Å². The molecule has 0 saturated carbocycles. The molecule has 1 aromatic heterocycles. The zero-order valence-corrected chi connectivity index (χ0v) is 17.4. The van der Waals surface area contributed by atoms with E-state index in [4.69, 9.17) is 16.3 Å². The molecule has 1 aliphatic heterocycles. The van der Waals surface area contributed by atoms with Gasteiger partial charge in [-0.1, -0.05) is 29.8 Å². The van der Waals surface area contributed by atoms with E-state index in [1.807, 2.05) is 43.3 Å².